The third-order valence-electron chi connectivity index (χ3n) is 3.97. The summed E-state index contributed by atoms with van der Waals surface area (Å²) in [4.78, 5) is 0. The van der Waals surface area contributed by atoms with E-state index in [0.717, 1.165) is 18.0 Å². The molecule has 0 radical (unpaired) electrons. The molecule has 86 valence electrons. The van der Waals surface area contributed by atoms with Crippen LogP contribution in [-0.4, -0.2) is 30.2 Å². The molecule has 0 aromatic heterocycles. The molecule has 0 spiro atoms. The summed E-state index contributed by atoms with van der Waals surface area (Å²) in [6.45, 7) is 15.3. The van der Waals surface area contributed by atoms with Crippen LogP contribution in [0.3, 0.4) is 0 Å². The molecule has 0 heterocycles. The zero-order chi connectivity index (χ0) is 11.4. The Morgan fingerprint density at radius 3 is 1.71 bits per heavy atom. The van der Waals surface area contributed by atoms with Gasteiger partial charge < -0.3 is 4.48 Å². The van der Waals surface area contributed by atoms with Crippen LogP contribution in [0.2, 0.25) is 0 Å². The number of quaternary nitrogens is 1. The zero-order valence-electron chi connectivity index (χ0n) is 11.3. The first-order valence-corrected chi connectivity index (χ1v) is 6.25. The average molecular weight is 200 g/mol. The summed E-state index contributed by atoms with van der Waals surface area (Å²) in [6.07, 6.45) is 2.67. The van der Waals surface area contributed by atoms with Crippen molar-refractivity contribution < 1.29 is 4.48 Å². The van der Waals surface area contributed by atoms with E-state index < -0.39 is 0 Å². The normalized spacial score (nSPS) is 18.6. The minimum absolute atomic E-state index is 0.735. The van der Waals surface area contributed by atoms with Gasteiger partial charge in [0, 0.05) is 5.92 Å². The molecular weight excluding hydrogens is 170 g/mol. The number of hydrogen-bond acceptors (Lipinski definition) is 0. The third-order valence-corrected chi connectivity index (χ3v) is 3.97. The van der Waals surface area contributed by atoms with E-state index in [9.17, 15) is 0 Å². The van der Waals surface area contributed by atoms with Gasteiger partial charge in [0.05, 0.1) is 25.7 Å². The average Bonchev–Trinajstić information content (AvgIpc) is 2.12. The first-order valence-electron chi connectivity index (χ1n) is 6.25. The first-order chi connectivity index (χ1) is 6.40. The minimum atomic E-state index is 0.735. The molecule has 2 unspecified atom stereocenters. The lowest BCUT2D eigenvalue weighted by Crippen LogP contribution is -2.58. The molecule has 0 aromatic carbocycles. The highest BCUT2D eigenvalue weighted by molar-refractivity contribution is 4.65. The summed E-state index contributed by atoms with van der Waals surface area (Å²) in [7, 11) is 2.42. The van der Waals surface area contributed by atoms with Crippen LogP contribution in [0.5, 0.6) is 0 Å². The lowest BCUT2D eigenvalue weighted by atomic mass is 9.94. The highest BCUT2D eigenvalue weighted by Crippen LogP contribution is 2.25. The Hall–Kier alpha value is -0.0400. The van der Waals surface area contributed by atoms with Crippen molar-refractivity contribution >= 4 is 0 Å². The van der Waals surface area contributed by atoms with E-state index in [4.69, 9.17) is 0 Å². The van der Waals surface area contributed by atoms with E-state index in [0.29, 0.717) is 0 Å². The van der Waals surface area contributed by atoms with Crippen molar-refractivity contribution in [3.05, 3.63) is 0 Å². The molecule has 0 amide bonds. The van der Waals surface area contributed by atoms with E-state index in [2.05, 4.69) is 48.6 Å². The largest absolute Gasteiger partial charge is 0.322 e. The van der Waals surface area contributed by atoms with Crippen molar-refractivity contribution in [2.45, 2.75) is 66.5 Å². The summed E-state index contributed by atoms with van der Waals surface area (Å²) in [6, 6.07) is 1.56. The molecule has 0 fully saturated rings. The van der Waals surface area contributed by atoms with Gasteiger partial charge in [-0.15, -0.1) is 0 Å². The molecule has 0 rings (SSSR count). The highest BCUT2D eigenvalue weighted by atomic mass is 15.4. The van der Waals surface area contributed by atoms with Gasteiger partial charge in [0.25, 0.3) is 0 Å². The van der Waals surface area contributed by atoms with Gasteiger partial charge in [0.2, 0.25) is 0 Å². The van der Waals surface area contributed by atoms with Crippen LogP contribution >= 0.6 is 0 Å². The number of nitrogens with zero attached hydrogens (tertiary/aromatic N) is 1. The van der Waals surface area contributed by atoms with Crippen LogP contribution in [0.25, 0.3) is 0 Å². The molecule has 0 aliphatic rings. The fraction of sp³-hybridized carbons (Fsp3) is 1.00. The predicted molar refractivity (Wildman–Crippen MR) is 65.4 cm³/mol. The van der Waals surface area contributed by atoms with Crippen molar-refractivity contribution in [3.63, 3.8) is 0 Å². The topological polar surface area (TPSA) is 0 Å². The van der Waals surface area contributed by atoms with Gasteiger partial charge in [-0.1, -0.05) is 27.2 Å². The van der Waals surface area contributed by atoms with Crippen LogP contribution in [0.1, 0.15) is 54.4 Å². The second-order valence-electron chi connectivity index (χ2n) is 5.36. The minimum Gasteiger partial charge on any atom is -0.322 e. The van der Waals surface area contributed by atoms with Gasteiger partial charge in [-0.25, -0.2) is 0 Å². The Labute approximate surface area is 91.1 Å². The zero-order valence-corrected chi connectivity index (χ0v) is 11.3. The Balaban J connectivity index is 4.73. The van der Waals surface area contributed by atoms with Crippen molar-refractivity contribution in [1.29, 1.82) is 0 Å². The third kappa shape index (κ3) is 2.98. The van der Waals surface area contributed by atoms with Crippen LogP contribution in [0.15, 0.2) is 0 Å². The molecule has 1 heteroatoms. The van der Waals surface area contributed by atoms with E-state index in [1.165, 1.54) is 23.9 Å². The second kappa shape index (κ2) is 5.75. The Morgan fingerprint density at radius 1 is 1.00 bits per heavy atom. The molecular formula is C13H30N+. The summed E-state index contributed by atoms with van der Waals surface area (Å²) in [5, 5.41) is 0. The molecule has 0 aliphatic carbocycles. The lowest BCUT2D eigenvalue weighted by molar-refractivity contribution is -0.954. The maximum Gasteiger partial charge on any atom is 0.0913 e. The summed E-state index contributed by atoms with van der Waals surface area (Å²) >= 11 is 0. The van der Waals surface area contributed by atoms with Gasteiger partial charge in [0.1, 0.15) is 0 Å². The van der Waals surface area contributed by atoms with Gasteiger partial charge in [-0.2, -0.15) is 0 Å². The summed E-state index contributed by atoms with van der Waals surface area (Å²) < 4.78 is 1.23. The fourth-order valence-electron chi connectivity index (χ4n) is 2.59. The second-order valence-corrected chi connectivity index (χ2v) is 5.36. The Morgan fingerprint density at radius 2 is 1.50 bits per heavy atom. The summed E-state index contributed by atoms with van der Waals surface area (Å²) in [5.41, 5.74) is 0. The van der Waals surface area contributed by atoms with Crippen molar-refractivity contribution in [1.82, 2.24) is 0 Å². The number of hydrogen-bond donors (Lipinski definition) is 0. The van der Waals surface area contributed by atoms with Crippen LogP contribution < -0.4 is 0 Å². The van der Waals surface area contributed by atoms with Gasteiger partial charge >= 0.3 is 0 Å². The van der Waals surface area contributed by atoms with E-state index in [1.807, 2.05) is 0 Å². The van der Waals surface area contributed by atoms with Crippen molar-refractivity contribution in [3.8, 4) is 0 Å². The molecule has 2 atom stereocenters. The highest BCUT2D eigenvalue weighted by Gasteiger charge is 2.35. The SMILES string of the molecule is CCCC(C(C)C)[N+](C)(CC)C(C)C. The van der Waals surface area contributed by atoms with Gasteiger partial charge in [-0.05, 0) is 27.2 Å². The molecule has 0 saturated heterocycles. The molecule has 0 N–H and O–H groups in total. The van der Waals surface area contributed by atoms with E-state index >= 15 is 0 Å². The van der Waals surface area contributed by atoms with Crippen LogP contribution in [-0.2, 0) is 0 Å². The monoisotopic (exact) mass is 200 g/mol. The van der Waals surface area contributed by atoms with Crippen molar-refractivity contribution in [2.24, 2.45) is 5.92 Å². The molecule has 0 aliphatic heterocycles. The molecule has 0 saturated carbocycles. The standard InChI is InChI=1S/C13H30N/c1-8-10-13(11(3)4)14(7,9-2)12(5)6/h11-13H,8-10H2,1-7H3/q+1. The molecule has 0 aromatic rings. The smallest absolute Gasteiger partial charge is 0.0913 e. The summed E-state index contributed by atoms with van der Waals surface area (Å²) in [5.74, 6) is 0.794. The van der Waals surface area contributed by atoms with E-state index in [-0.39, 0.29) is 0 Å². The van der Waals surface area contributed by atoms with Crippen molar-refractivity contribution in [2.75, 3.05) is 13.6 Å². The maximum atomic E-state index is 2.42. The van der Waals surface area contributed by atoms with Crippen LogP contribution in [0, 0.1) is 5.92 Å². The van der Waals surface area contributed by atoms with E-state index in [1.54, 1.807) is 0 Å². The Kier molecular flexibility index (Phi) is 5.73. The quantitative estimate of drug-likeness (QED) is 0.574. The lowest BCUT2D eigenvalue weighted by Gasteiger charge is -2.46. The Bertz CT molecular complexity index is 151. The van der Waals surface area contributed by atoms with Gasteiger partial charge in [0.15, 0.2) is 0 Å². The molecule has 1 nitrogen and oxygen atoms in total. The molecule has 0 bridgehead atoms. The maximum absolute atomic E-state index is 2.42. The van der Waals surface area contributed by atoms with Crippen LogP contribution in [0.4, 0.5) is 0 Å². The fourth-order valence-corrected chi connectivity index (χ4v) is 2.59. The number of rotatable bonds is 6. The van der Waals surface area contributed by atoms with Gasteiger partial charge in [-0.3, -0.25) is 0 Å². The predicted octanol–water partition coefficient (Wildman–Crippen LogP) is 3.69. The molecule has 14 heavy (non-hydrogen) atoms. The first kappa shape index (κ1) is 14.0.